The lowest BCUT2D eigenvalue weighted by Crippen LogP contribution is -2.38. The number of ether oxygens (including phenoxy) is 1. The summed E-state index contributed by atoms with van der Waals surface area (Å²) in [6.45, 7) is 8.71. The molecule has 1 amide bonds. The normalized spacial score (nSPS) is 15.5. The Bertz CT molecular complexity index is 517. The number of rotatable bonds is 0. The number of hydrogen-bond acceptors (Lipinski definition) is 3. The molecule has 1 N–H and O–H groups in total. The highest BCUT2D eigenvalue weighted by molar-refractivity contribution is 5.68. The summed E-state index contributed by atoms with van der Waals surface area (Å²) in [6, 6.07) is 3.97. The highest BCUT2D eigenvalue weighted by Crippen LogP contribution is 2.28. The second-order valence-electron chi connectivity index (χ2n) is 6.34. The maximum atomic E-state index is 12.1. The number of aromatic hydroxyl groups is 1. The lowest BCUT2D eigenvalue weighted by Gasteiger charge is -2.26. The number of carbonyl (C=O) groups excluding carboxylic acids is 1. The quantitative estimate of drug-likeness (QED) is 0.793. The number of phenolic OH excluding ortho intramolecular Hbond substituents is 1. The van der Waals surface area contributed by atoms with Crippen LogP contribution in [0.1, 0.15) is 37.5 Å². The molecule has 0 atom stereocenters. The van der Waals surface area contributed by atoms with Gasteiger partial charge < -0.3 is 14.7 Å². The van der Waals surface area contributed by atoms with E-state index in [1.807, 2.05) is 39.8 Å². The van der Waals surface area contributed by atoms with Gasteiger partial charge in [0.1, 0.15) is 11.4 Å². The van der Waals surface area contributed by atoms with Gasteiger partial charge in [0.05, 0.1) is 0 Å². The summed E-state index contributed by atoms with van der Waals surface area (Å²) in [5, 5.41) is 10.1. The molecule has 110 valence electrons. The van der Waals surface area contributed by atoms with Crippen molar-refractivity contribution in [3.8, 4) is 5.75 Å². The van der Waals surface area contributed by atoms with Gasteiger partial charge >= 0.3 is 6.09 Å². The summed E-state index contributed by atoms with van der Waals surface area (Å²) >= 11 is 0. The van der Waals surface area contributed by atoms with Gasteiger partial charge in [-0.15, -0.1) is 0 Å². The number of carbonyl (C=O) groups is 1. The highest BCUT2D eigenvalue weighted by Gasteiger charge is 2.25. The zero-order valence-electron chi connectivity index (χ0n) is 12.7. The molecule has 1 aliphatic rings. The molecule has 2 rings (SSSR count). The molecule has 0 saturated carbocycles. The van der Waals surface area contributed by atoms with Gasteiger partial charge in [-0.2, -0.15) is 0 Å². The van der Waals surface area contributed by atoms with Crippen molar-refractivity contribution in [2.45, 2.75) is 46.1 Å². The Kier molecular flexibility index (Phi) is 3.93. The van der Waals surface area contributed by atoms with Crippen molar-refractivity contribution in [2.75, 3.05) is 13.1 Å². The molecule has 1 aromatic carbocycles. The minimum atomic E-state index is -0.477. The SMILES string of the molecule is Cc1ccc2c(c1O)CCN(C(=O)OC(C)(C)C)CC2. The first kappa shape index (κ1) is 14.7. The molecule has 1 aromatic rings. The van der Waals surface area contributed by atoms with Crippen LogP contribution in [0.4, 0.5) is 4.79 Å². The maximum Gasteiger partial charge on any atom is 0.410 e. The fourth-order valence-electron chi connectivity index (χ4n) is 2.43. The Hall–Kier alpha value is -1.71. The molecule has 4 nitrogen and oxygen atoms in total. The fraction of sp³-hybridized carbons (Fsp3) is 0.562. The van der Waals surface area contributed by atoms with Crippen LogP contribution in [0.5, 0.6) is 5.75 Å². The summed E-state index contributed by atoms with van der Waals surface area (Å²) in [6.07, 6.45) is 1.14. The lowest BCUT2D eigenvalue weighted by molar-refractivity contribution is 0.0258. The molecule has 0 bridgehead atoms. The van der Waals surface area contributed by atoms with Gasteiger partial charge in [-0.05, 0) is 57.2 Å². The third-order valence-electron chi connectivity index (χ3n) is 3.52. The molecule has 4 heteroatoms. The van der Waals surface area contributed by atoms with Crippen molar-refractivity contribution in [3.05, 3.63) is 28.8 Å². The third-order valence-corrected chi connectivity index (χ3v) is 3.52. The standard InChI is InChI=1S/C16H23NO3/c1-11-5-6-12-7-9-17(10-8-13(12)14(11)18)15(19)20-16(2,3)4/h5-6,18H,7-10H2,1-4H3. The molecule has 0 aromatic heterocycles. The Morgan fingerprint density at radius 3 is 2.55 bits per heavy atom. The molecule has 20 heavy (non-hydrogen) atoms. The van der Waals surface area contributed by atoms with Crippen molar-refractivity contribution in [3.63, 3.8) is 0 Å². The molecule has 1 heterocycles. The fourth-order valence-corrected chi connectivity index (χ4v) is 2.43. The molecule has 0 unspecified atom stereocenters. The summed E-state index contributed by atoms with van der Waals surface area (Å²) in [7, 11) is 0. The molecule has 0 fully saturated rings. The van der Waals surface area contributed by atoms with Crippen molar-refractivity contribution < 1.29 is 14.6 Å². The third kappa shape index (κ3) is 3.24. The summed E-state index contributed by atoms with van der Waals surface area (Å²) in [4.78, 5) is 13.8. The van der Waals surface area contributed by atoms with Crippen molar-refractivity contribution in [2.24, 2.45) is 0 Å². The van der Waals surface area contributed by atoms with E-state index in [2.05, 4.69) is 0 Å². The molecule has 0 saturated heterocycles. The molecule has 0 radical (unpaired) electrons. The van der Waals surface area contributed by atoms with E-state index in [-0.39, 0.29) is 6.09 Å². The number of amides is 1. The lowest BCUT2D eigenvalue weighted by atomic mass is 9.99. The van der Waals surface area contributed by atoms with Crippen LogP contribution in [0.25, 0.3) is 0 Å². The number of aryl methyl sites for hydroxylation is 1. The van der Waals surface area contributed by atoms with E-state index in [9.17, 15) is 9.90 Å². The first-order chi connectivity index (χ1) is 9.28. The highest BCUT2D eigenvalue weighted by atomic mass is 16.6. The zero-order chi connectivity index (χ0) is 14.9. The van der Waals surface area contributed by atoms with Crippen LogP contribution in [0.3, 0.4) is 0 Å². The average molecular weight is 277 g/mol. The molecule has 0 spiro atoms. The summed E-state index contributed by atoms with van der Waals surface area (Å²) < 4.78 is 5.41. The van der Waals surface area contributed by atoms with E-state index < -0.39 is 5.60 Å². The summed E-state index contributed by atoms with van der Waals surface area (Å²) in [5.74, 6) is 0.369. The van der Waals surface area contributed by atoms with Gasteiger partial charge in [0, 0.05) is 13.1 Å². The van der Waals surface area contributed by atoms with E-state index in [0.29, 0.717) is 25.3 Å². The maximum absolute atomic E-state index is 12.1. The zero-order valence-corrected chi connectivity index (χ0v) is 12.7. The van der Waals surface area contributed by atoms with E-state index in [1.54, 1.807) is 4.90 Å². The monoisotopic (exact) mass is 277 g/mol. The second-order valence-corrected chi connectivity index (χ2v) is 6.34. The molecular formula is C16H23NO3. The predicted octanol–water partition coefficient (Wildman–Crippen LogP) is 3.04. The van der Waals surface area contributed by atoms with Gasteiger partial charge in [0.15, 0.2) is 0 Å². The van der Waals surface area contributed by atoms with Gasteiger partial charge in [-0.25, -0.2) is 4.79 Å². The number of benzene rings is 1. The van der Waals surface area contributed by atoms with E-state index >= 15 is 0 Å². The first-order valence-electron chi connectivity index (χ1n) is 7.06. The average Bonchev–Trinajstić information content (AvgIpc) is 2.54. The number of hydrogen-bond donors (Lipinski definition) is 1. The van der Waals surface area contributed by atoms with Crippen LogP contribution in [0.15, 0.2) is 12.1 Å². The minimum Gasteiger partial charge on any atom is -0.507 e. The number of nitrogens with zero attached hydrogens (tertiary/aromatic N) is 1. The Balaban J connectivity index is 2.12. The van der Waals surface area contributed by atoms with E-state index in [4.69, 9.17) is 4.74 Å². The molecular weight excluding hydrogens is 254 g/mol. The first-order valence-corrected chi connectivity index (χ1v) is 7.06. The Labute approximate surface area is 120 Å². The van der Waals surface area contributed by atoms with E-state index in [1.165, 1.54) is 0 Å². The number of phenols is 1. The Morgan fingerprint density at radius 2 is 1.90 bits per heavy atom. The number of fused-ring (bicyclic) bond motifs is 1. The topological polar surface area (TPSA) is 49.8 Å². The van der Waals surface area contributed by atoms with Crippen molar-refractivity contribution in [1.29, 1.82) is 0 Å². The minimum absolute atomic E-state index is 0.276. The van der Waals surface area contributed by atoms with Crippen LogP contribution < -0.4 is 0 Å². The van der Waals surface area contributed by atoms with Crippen LogP contribution >= 0.6 is 0 Å². The van der Waals surface area contributed by atoms with Crippen LogP contribution in [-0.4, -0.2) is 34.8 Å². The Morgan fingerprint density at radius 1 is 1.25 bits per heavy atom. The van der Waals surface area contributed by atoms with Gasteiger partial charge in [0.25, 0.3) is 0 Å². The molecule has 1 aliphatic heterocycles. The van der Waals surface area contributed by atoms with Crippen LogP contribution in [-0.2, 0) is 17.6 Å². The van der Waals surface area contributed by atoms with Crippen LogP contribution in [0, 0.1) is 6.92 Å². The van der Waals surface area contributed by atoms with E-state index in [0.717, 1.165) is 23.1 Å². The largest absolute Gasteiger partial charge is 0.507 e. The van der Waals surface area contributed by atoms with Gasteiger partial charge in [-0.1, -0.05) is 12.1 Å². The second kappa shape index (κ2) is 5.35. The van der Waals surface area contributed by atoms with Gasteiger partial charge in [0.2, 0.25) is 0 Å². The van der Waals surface area contributed by atoms with Crippen molar-refractivity contribution >= 4 is 6.09 Å². The molecule has 0 aliphatic carbocycles. The van der Waals surface area contributed by atoms with Crippen molar-refractivity contribution in [1.82, 2.24) is 4.90 Å². The van der Waals surface area contributed by atoms with Gasteiger partial charge in [-0.3, -0.25) is 0 Å². The summed E-state index contributed by atoms with van der Waals surface area (Å²) in [5.41, 5.74) is 2.50. The van der Waals surface area contributed by atoms with Crippen LogP contribution in [0.2, 0.25) is 0 Å². The predicted molar refractivity (Wildman–Crippen MR) is 78.1 cm³/mol. The smallest absolute Gasteiger partial charge is 0.410 e.